The summed E-state index contributed by atoms with van der Waals surface area (Å²) in [5.74, 6) is 0. The summed E-state index contributed by atoms with van der Waals surface area (Å²) >= 11 is 0. The maximum absolute atomic E-state index is 9.25. The lowest BCUT2D eigenvalue weighted by Crippen LogP contribution is -2.12. The summed E-state index contributed by atoms with van der Waals surface area (Å²) < 4.78 is 0. The summed E-state index contributed by atoms with van der Waals surface area (Å²) in [5, 5.41) is 9.25. The summed E-state index contributed by atoms with van der Waals surface area (Å²) in [7, 11) is 0. The molecule has 0 radical (unpaired) electrons. The number of aliphatic hydroxyl groups is 1. The molecule has 0 spiro atoms. The lowest BCUT2D eigenvalue weighted by atomic mass is 9.86. The van der Waals surface area contributed by atoms with Crippen molar-refractivity contribution in [1.29, 1.82) is 0 Å². The standard InChI is InChI=1S/C13H18O/c1-13(2,3)12(10-14)9-11-7-5-4-6-8-11/h4-9,14H,10H2,1-3H3/b12-9-. The van der Waals surface area contributed by atoms with E-state index in [0.717, 1.165) is 11.1 Å². The Morgan fingerprint density at radius 2 is 1.79 bits per heavy atom. The van der Waals surface area contributed by atoms with E-state index in [9.17, 15) is 5.11 Å². The van der Waals surface area contributed by atoms with Gasteiger partial charge in [-0.3, -0.25) is 0 Å². The molecule has 14 heavy (non-hydrogen) atoms. The minimum atomic E-state index is 0.0323. The average molecular weight is 190 g/mol. The zero-order valence-electron chi connectivity index (χ0n) is 9.12. The van der Waals surface area contributed by atoms with Crippen LogP contribution >= 0.6 is 0 Å². The van der Waals surface area contributed by atoms with Crippen LogP contribution in [-0.2, 0) is 0 Å². The molecule has 0 aliphatic rings. The molecule has 0 saturated heterocycles. The van der Waals surface area contributed by atoms with Crippen LogP contribution in [0.4, 0.5) is 0 Å². The third kappa shape index (κ3) is 3.00. The SMILES string of the molecule is CC(C)(C)/C(=C\c1ccccc1)CO. The van der Waals surface area contributed by atoms with Crippen LogP contribution in [0.25, 0.3) is 6.08 Å². The fourth-order valence-electron chi connectivity index (χ4n) is 1.25. The predicted molar refractivity (Wildman–Crippen MR) is 61.0 cm³/mol. The predicted octanol–water partition coefficient (Wildman–Crippen LogP) is 3.11. The van der Waals surface area contributed by atoms with E-state index in [1.807, 2.05) is 30.3 Å². The molecule has 0 amide bonds. The molecule has 1 aromatic rings. The molecule has 0 bridgehead atoms. The van der Waals surface area contributed by atoms with Crippen LogP contribution in [0, 0.1) is 5.41 Å². The van der Waals surface area contributed by atoms with Crippen LogP contribution in [0.15, 0.2) is 35.9 Å². The first-order valence-electron chi connectivity index (χ1n) is 4.91. The lowest BCUT2D eigenvalue weighted by molar-refractivity contribution is 0.298. The average Bonchev–Trinajstić information content (AvgIpc) is 2.14. The van der Waals surface area contributed by atoms with Gasteiger partial charge in [-0.15, -0.1) is 0 Å². The van der Waals surface area contributed by atoms with Gasteiger partial charge in [0, 0.05) is 0 Å². The Balaban J connectivity index is 2.96. The Kier molecular flexibility index (Phi) is 3.48. The van der Waals surface area contributed by atoms with E-state index in [1.165, 1.54) is 0 Å². The van der Waals surface area contributed by atoms with Crippen molar-refractivity contribution in [2.75, 3.05) is 6.61 Å². The monoisotopic (exact) mass is 190 g/mol. The minimum absolute atomic E-state index is 0.0323. The maximum Gasteiger partial charge on any atom is 0.0650 e. The Labute approximate surface area is 86.1 Å². The first-order valence-corrected chi connectivity index (χ1v) is 4.91. The van der Waals surface area contributed by atoms with Gasteiger partial charge in [-0.1, -0.05) is 57.2 Å². The number of hydrogen-bond acceptors (Lipinski definition) is 1. The fraction of sp³-hybridized carbons (Fsp3) is 0.385. The largest absolute Gasteiger partial charge is 0.392 e. The second-order valence-electron chi connectivity index (χ2n) is 4.49. The molecule has 0 fully saturated rings. The van der Waals surface area contributed by atoms with Gasteiger partial charge in [-0.2, -0.15) is 0 Å². The second-order valence-corrected chi connectivity index (χ2v) is 4.49. The molecule has 1 nitrogen and oxygen atoms in total. The van der Waals surface area contributed by atoms with E-state index in [-0.39, 0.29) is 12.0 Å². The molecule has 0 unspecified atom stereocenters. The Morgan fingerprint density at radius 3 is 2.21 bits per heavy atom. The van der Waals surface area contributed by atoms with Gasteiger partial charge >= 0.3 is 0 Å². The Hall–Kier alpha value is -1.08. The molecule has 0 aromatic heterocycles. The van der Waals surface area contributed by atoms with Crippen molar-refractivity contribution in [2.45, 2.75) is 20.8 Å². The van der Waals surface area contributed by atoms with Crippen molar-refractivity contribution in [3.8, 4) is 0 Å². The van der Waals surface area contributed by atoms with Crippen LogP contribution in [0.1, 0.15) is 26.3 Å². The van der Waals surface area contributed by atoms with Gasteiger partial charge in [-0.25, -0.2) is 0 Å². The van der Waals surface area contributed by atoms with Crippen molar-refractivity contribution < 1.29 is 5.11 Å². The van der Waals surface area contributed by atoms with Gasteiger partial charge in [0.15, 0.2) is 0 Å². The van der Waals surface area contributed by atoms with Crippen LogP contribution in [0.5, 0.6) is 0 Å². The maximum atomic E-state index is 9.25. The zero-order chi connectivity index (χ0) is 10.6. The first-order chi connectivity index (χ1) is 6.54. The topological polar surface area (TPSA) is 20.2 Å². The quantitative estimate of drug-likeness (QED) is 0.759. The third-order valence-corrected chi connectivity index (χ3v) is 2.27. The van der Waals surface area contributed by atoms with Crippen molar-refractivity contribution in [1.82, 2.24) is 0 Å². The molecule has 0 atom stereocenters. The van der Waals surface area contributed by atoms with E-state index in [2.05, 4.69) is 26.8 Å². The second kappa shape index (κ2) is 4.43. The molecule has 1 N–H and O–H groups in total. The first kappa shape index (κ1) is 11.0. The number of hydrogen-bond donors (Lipinski definition) is 1. The summed E-state index contributed by atoms with van der Waals surface area (Å²) in [6, 6.07) is 10.1. The van der Waals surface area contributed by atoms with Gasteiger partial charge in [-0.05, 0) is 16.6 Å². The van der Waals surface area contributed by atoms with Gasteiger partial charge < -0.3 is 5.11 Å². The molecule has 0 heterocycles. The van der Waals surface area contributed by atoms with Crippen molar-refractivity contribution in [3.05, 3.63) is 41.5 Å². The third-order valence-electron chi connectivity index (χ3n) is 2.27. The molecule has 1 heteroatoms. The zero-order valence-corrected chi connectivity index (χ0v) is 9.12. The molecular weight excluding hydrogens is 172 g/mol. The molecule has 1 aromatic carbocycles. The van der Waals surface area contributed by atoms with Gasteiger partial charge in [0.05, 0.1) is 6.61 Å². The van der Waals surface area contributed by atoms with Crippen LogP contribution in [0.2, 0.25) is 0 Å². The highest BCUT2D eigenvalue weighted by Crippen LogP contribution is 2.26. The smallest absolute Gasteiger partial charge is 0.0650 e. The highest BCUT2D eigenvalue weighted by molar-refractivity contribution is 5.54. The van der Waals surface area contributed by atoms with E-state index < -0.39 is 0 Å². The molecule has 76 valence electrons. The van der Waals surface area contributed by atoms with Gasteiger partial charge in [0.2, 0.25) is 0 Å². The molecule has 0 aliphatic carbocycles. The van der Waals surface area contributed by atoms with E-state index >= 15 is 0 Å². The normalized spacial score (nSPS) is 13.0. The summed E-state index contributed by atoms with van der Waals surface area (Å²) in [4.78, 5) is 0. The van der Waals surface area contributed by atoms with Crippen LogP contribution < -0.4 is 0 Å². The molecule has 0 aliphatic heterocycles. The van der Waals surface area contributed by atoms with Crippen LogP contribution in [-0.4, -0.2) is 11.7 Å². The van der Waals surface area contributed by atoms with Crippen molar-refractivity contribution in [2.24, 2.45) is 5.41 Å². The Bertz CT molecular complexity index is 304. The van der Waals surface area contributed by atoms with E-state index in [1.54, 1.807) is 0 Å². The number of rotatable bonds is 2. The number of aliphatic hydroxyl groups excluding tert-OH is 1. The van der Waals surface area contributed by atoms with Gasteiger partial charge in [0.1, 0.15) is 0 Å². The number of benzene rings is 1. The van der Waals surface area contributed by atoms with Crippen LogP contribution in [0.3, 0.4) is 0 Å². The highest BCUT2D eigenvalue weighted by atomic mass is 16.3. The van der Waals surface area contributed by atoms with E-state index in [0.29, 0.717) is 0 Å². The van der Waals surface area contributed by atoms with E-state index in [4.69, 9.17) is 0 Å². The minimum Gasteiger partial charge on any atom is -0.392 e. The molecule has 1 rings (SSSR count). The van der Waals surface area contributed by atoms with Crippen molar-refractivity contribution >= 4 is 6.08 Å². The fourth-order valence-corrected chi connectivity index (χ4v) is 1.25. The summed E-state index contributed by atoms with van der Waals surface area (Å²) in [5.41, 5.74) is 2.24. The van der Waals surface area contributed by atoms with Crippen molar-refractivity contribution in [3.63, 3.8) is 0 Å². The lowest BCUT2D eigenvalue weighted by Gasteiger charge is -2.21. The summed E-state index contributed by atoms with van der Waals surface area (Å²) in [6.45, 7) is 6.45. The highest BCUT2D eigenvalue weighted by Gasteiger charge is 2.15. The Morgan fingerprint density at radius 1 is 1.21 bits per heavy atom. The summed E-state index contributed by atoms with van der Waals surface area (Å²) in [6.07, 6.45) is 2.06. The van der Waals surface area contributed by atoms with Gasteiger partial charge in [0.25, 0.3) is 0 Å². The molecule has 0 saturated carbocycles. The molecular formula is C13H18O.